The smallest absolute Gasteiger partial charge is 0.249 e. The number of aromatic nitrogens is 3. The van der Waals surface area contributed by atoms with Gasteiger partial charge >= 0.3 is 0 Å². The number of nitrogens with one attached hydrogen (secondary N) is 2. The summed E-state index contributed by atoms with van der Waals surface area (Å²) in [5.74, 6) is 0.968. The Morgan fingerprint density at radius 3 is 1.86 bits per heavy atom. The van der Waals surface area contributed by atoms with Crippen LogP contribution in [0.4, 0.5) is 23.1 Å². The quantitative estimate of drug-likeness (QED) is 0.727. The molecule has 0 aliphatic heterocycles. The zero-order chi connectivity index (χ0) is 15.4. The lowest BCUT2D eigenvalue weighted by molar-refractivity contribution is 0.982. The third-order valence-electron chi connectivity index (χ3n) is 2.78. The van der Waals surface area contributed by atoms with Crippen LogP contribution in [-0.2, 0) is 0 Å². The van der Waals surface area contributed by atoms with Gasteiger partial charge in [-0.1, -0.05) is 23.2 Å². The maximum atomic E-state index is 5.86. The highest BCUT2D eigenvalue weighted by Gasteiger charge is 2.02. The molecule has 0 atom stereocenters. The van der Waals surface area contributed by atoms with Gasteiger partial charge in [-0.15, -0.1) is 5.10 Å². The summed E-state index contributed by atoms with van der Waals surface area (Å²) >= 11 is 11.7. The molecule has 22 heavy (non-hydrogen) atoms. The van der Waals surface area contributed by atoms with Crippen molar-refractivity contribution < 1.29 is 0 Å². The van der Waals surface area contributed by atoms with Gasteiger partial charge in [0.25, 0.3) is 0 Å². The molecule has 1 heterocycles. The van der Waals surface area contributed by atoms with Gasteiger partial charge in [-0.2, -0.15) is 10.1 Å². The first-order valence-corrected chi connectivity index (χ1v) is 7.19. The Balaban J connectivity index is 1.74. The zero-order valence-corrected chi connectivity index (χ0v) is 12.8. The Hall–Kier alpha value is -2.37. The molecule has 5 nitrogen and oxygen atoms in total. The van der Waals surface area contributed by atoms with Crippen LogP contribution in [0.1, 0.15) is 0 Å². The fraction of sp³-hybridized carbons (Fsp3) is 0. The molecule has 0 amide bonds. The SMILES string of the molecule is Clc1ccc(Nc2cnnc(Nc3ccc(Cl)cc3)n2)cc1. The lowest BCUT2D eigenvalue weighted by Gasteiger charge is -2.07. The van der Waals surface area contributed by atoms with E-state index in [1.54, 1.807) is 30.5 Å². The summed E-state index contributed by atoms with van der Waals surface area (Å²) in [6.45, 7) is 0. The van der Waals surface area contributed by atoms with Crippen LogP contribution in [0.5, 0.6) is 0 Å². The second-order valence-corrected chi connectivity index (χ2v) is 5.30. The molecule has 0 saturated carbocycles. The normalized spacial score (nSPS) is 10.3. The Morgan fingerprint density at radius 2 is 1.27 bits per heavy atom. The second-order valence-electron chi connectivity index (χ2n) is 4.43. The molecule has 0 fully saturated rings. The minimum absolute atomic E-state index is 0.390. The molecule has 0 aliphatic carbocycles. The van der Waals surface area contributed by atoms with E-state index in [9.17, 15) is 0 Å². The number of nitrogens with zero attached hydrogens (tertiary/aromatic N) is 3. The van der Waals surface area contributed by atoms with Gasteiger partial charge in [0.1, 0.15) is 0 Å². The summed E-state index contributed by atoms with van der Waals surface area (Å²) in [5.41, 5.74) is 1.69. The first-order valence-electron chi connectivity index (χ1n) is 6.44. The first-order chi connectivity index (χ1) is 10.7. The molecule has 0 aliphatic rings. The van der Waals surface area contributed by atoms with E-state index in [1.165, 1.54) is 0 Å². The van der Waals surface area contributed by atoms with Gasteiger partial charge in [-0.05, 0) is 48.5 Å². The second kappa shape index (κ2) is 6.60. The van der Waals surface area contributed by atoms with Crippen LogP contribution in [0.3, 0.4) is 0 Å². The van der Waals surface area contributed by atoms with Gasteiger partial charge in [0.05, 0.1) is 6.20 Å². The summed E-state index contributed by atoms with van der Waals surface area (Å²) in [5, 5.41) is 15.4. The van der Waals surface area contributed by atoms with Crippen LogP contribution < -0.4 is 10.6 Å². The Morgan fingerprint density at radius 1 is 0.727 bits per heavy atom. The van der Waals surface area contributed by atoms with Gasteiger partial charge in [0.15, 0.2) is 5.82 Å². The maximum Gasteiger partial charge on any atom is 0.249 e. The number of anilines is 4. The van der Waals surface area contributed by atoms with E-state index in [0.29, 0.717) is 21.8 Å². The Bertz CT molecular complexity index is 697. The predicted molar refractivity (Wildman–Crippen MR) is 89.3 cm³/mol. The predicted octanol–water partition coefficient (Wildman–Crippen LogP) is 4.67. The average molecular weight is 332 g/mol. The molecule has 7 heteroatoms. The monoisotopic (exact) mass is 331 g/mol. The van der Waals surface area contributed by atoms with E-state index >= 15 is 0 Å². The van der Waals surface area contributed by atoms with Crippen LogP contribution in [0.2, 0.25) is 10.0 Å². The van der Waals surface area contributed by atoms with Crippen molar-refractivity contribution in [2.24, 2.45) is 0 Å². The third kappa shape index (κ3) is 3.84. The van der Waals surface area contributed by atoms with E-state index in [1.807, 2.05) is 24.3 Å². The third-order valence-corrected chi connectivity index (χ3v) is 3.28. The van der Waals surface area contributed by atoms with Crippen molar-refractivity contribution in [1.82, 2.24) is 15.2 Å². The number of hydrogen-bond acceptors (Lipinski definition) is 5. The fourth-order valence-electron chi connectivity index (χ4n) is 1.76. The van der Waals surface area contributed by atoms with E-state index < -0.39 is 0 Å². The Labute approximate surface area is 137 Å². The van der Waals surface area contributed by atoms with Crippen molar-refractivity contribution in [3.63, 3.8) is 0 Å². The molecule has 0 bridgehead atoms. The highest BCUT2D eigenvalue weighted by atomic mass is 35.5. The van der Waals surface area contributed by atoms with Gasteiger partial charge in [0.2, 0.25) is 5.95 Å². The summed E-state index contributed by atoms with van der Waals surface area (Å²) in [7, 11) is 0. The van der Waals surface area contributed by atoms with Gasteiger partial charge in [-0.25, -0.2) is 0 Å². The lowest BCUT2D eigenvalue weighted by atomic mass is 10.3. The van der Waals surface area contributed by atoms with Crippen molar-refractivity contribution in [2.45, 2.75) is 0 Å². The average Bonchev–Trinajstić information content (AvgIpc) is 2.52. The molecule has 0 radical (unpaired) electrons. The van der Waals surface area contributed by atoms with Gasteiger partial charge in [-0.3, -0.25) is 0 Å². The largest absolute Gasteiger partial charge is 0.339 e. The van der Waals surface area contributed by atoms with Gasteiger partial charge < -0.3 is 10.6 Å². The van der Waals surface area contributed by atoms with E-state index in [4.69, 9.17) is 23.2 Å². The topological polar surface area (TPSA) is 62.7 Å². The van der Waals surface area contributed by atoms with Crippen molar-refractivity contribution >= 4 is 46.3 Å². The summed E-state index contributed by atoms with van der Waals surface area (Å²) in [4.78, 5) is 4.35. The first kappa shape index (κ1) is 14.6. The number of hydrogen-bond donors (Lipinski definition) is 2. The molecule has 3 rings (SSSR count). The molecule has 110 valence electrons. The van der Waals surface area contributed by atoms with Crippen LogP contribution >= 0.6 is 23.2 Å². The molecule has 2 aromatic carbocycles. The summed E-state index contributed by atoms with van der Waals surface area (Å²) < 4.78 is 0. The molecular formula is C15H11Cl2N5. The van der Waals surface area contributed by atoms with Gasteiger partial charge in [0, 0.05) is 21.4 Å². The molecule has 1 aromatic heterocycles. The maximum absolute atomic E-state index is 5.86. The molecule has 0 spiro atoms. The molecule has 0 saturated heterocycles. The van der Waals surface area contributed by atoms with Crippen LogP contribution in [0.25, 0.3) is 0 Å². The zero-order valence-electron chi connectivity index (χ0n) is 11.3. The van der Waals surface area contributed by atoms with Crippen molar-refractivity contribution in [2.75, 3.05) is 10.6 Å². The van der Waals surface area contributed by atoms with E-state index in [2.05, 4.69) is 25.8 Å². The fourth-order valence-corrected chi connectivity index (χ4v) is 2.01. The lowest BCUT2D eigenvalue weighted by Crippen LogP contribution is -2.02. The van der Waals surface area contributed by atoms with Crippen molar-refractivity contribution in [3.05, 3.63) is 64.8 Å². The van der Waals surface area contributed by atoms with Crippen molar-refractivity contribution in [1.29, 1.82) is 0 Å². The van der Waals surface area contributed by atoms with Crippen LogP contribution in [0, 0.1) is 0 Å². The highest BCUT2D eigenvalue weighted by molar-refractivity contribution is 6.30. The number of benzene rings is 2. The Kier molecular flexibility index (Phi) is 4.37. The van der Waals surface area contributed by atoms with E-state index in [0.717, 1.165) is 11.4 Å². The molecular weight excluding hydrogens is 321 g/mol. The molecule has 3 aromatic rings. The van der Waals surface area contributed by atoms with Crippen molar-refractivity contribution in [3.8, 4) is 0 Å². The highest BCUT2D eigenvalue weighted by Crippen LogP contribution is 2.19. The summed E-state index contributed by atoms with van der Waals surface area (Å²) in [6, 6.07) is 14.6. The van der Waals surface area contributed by atoms with Crippen LogP contribution in [-0.4, -0.2) is 15.2 Å². The van der Waals surface area contributed by atoms with E-state index in [-0.39, 0.29) is 0 Å². The molecule has 0 unspecified atom stereocenters. The minimum Gasteiger partial charge on any atom is -0.339 e. The van der Waals surface area contributed by atoms with Crippen LogP contribution in [0.15, 0.2) is 54.7 Å². The minimum atomic E-state index is 0.390. The number of rotatable bonds is 4. The molecule has 2 N–H and O–H groups in total. The summed E-state index contributed by atoms with van der Waals surface area (Å²) in [6.07, 6.45) is 1.54. The standard InChI is InChI=1S/C15H11Cl2N5/c16-10-1-5-12(6-2-10)19-14-9-18-22-15(21-14)20-13-7-3-11(17)4-8-13/h1-9H,(H2,19,20,21,22). The number of halogens is 2.